The lowest BCUT2D eigenvalue weighted by Crippen LogP contribution is -2.49. The monoisotopic (exact) mass is 310 g/mol. The van der Waals surface area contributed by atoms with Gasteiger partial charge in [0.2, 0.25) is 0 Å². The van der Waals surface area contributed by atoms with Gasteiger partial charge in [-0.05, 0) is 29.7 Å². The largest absolute Gasteiger partial charge is 0.465 e. The number of benzene rings is 2. The Labute approximate surface area is 134 Å². The minimum atomic E-state index is -0.960. The number of hydrogen-bond acceptors (Lipinski definition) is 2. The van der Waals surface area contributed by atoms with E-state index in [2.05, 4.69) is 5.32 Å². The number of amides is 2. The number of hydrogen-bond donors (Lipinski definition) is 2. The first-order valence-electron chi connectivity index (χ1n) is 7.55. The van der Waals surface area contributed by atoms with E-state index in [-0.39, 0.29) is 11.9 Å². The zero-order valence-electron chi connectivity index (χ0n) is 12.6. The molecule has 1 aliphatic rings. The Morgan fingerprint density at radius 2 is 1.70 bits per heavy atom. The molecule has 5 heteroatoms. The molecule has 2 N–H and O–H groups in total. The molecule has 1 aliphatic heterocycles. The fourth-order valence-corrected chi connectivity index (χ4v) is 2.90. The van der Waals surface area contributed by atoms with Crippen LogP contribution in [0.25, 0.3) is 0 Å². The van der Waals surface area contributed by atoms with Crippen LogP contribution in [0.15, 0.2) is 54.6 Å². The molecule has 2 amide bonds. The van der Waals surface area contributed by atoms with E-state index in [9.17, 15) is 14.7 Å². The number of nitrogens with zero attached hydrogens (tertiary/aromatic N) is 1. The highest BCUT2D eigenvalue weighted by molar-refractivity contribution is 5.94. The fraction of sp³-hybridized carbons (Fsp3) is 0.222. The summed E-state index contributed by atoms with van der Waals surface area (Å²) in [5.41, 5.74) is 2.75. The van der Waals surface area contributed by atoms with Crippen LogP contribution in [0.5, 0.6) is 0 Å². The molecule has 0 unspecified atom stereocenters. The minimum Gasteiger partial charge on any atom is -0.465 e. The van der Waals surface area contributed by atoms with Gasteiger partial charge in [-0.25, -0.2) is 4.79 Å². The number of nitrogens with one attached hydrogen (secondary N) is 1. The maximum absolute atomic E-state index is 12.1. The lowest BCUT2D eigenvalue weighted by Gasteiger charge is -2.35. The van der Waals surface area contributed by atoms with Gasteiger partial charge >= 0.3 is 6.09 Å². The fourth-order valence-electron chi connectivity index (χ4n) is 2.90. The summed E-state index contributed by atoms with van der Waals surface area (Å²) in [5, 5.41) is 12.3. The predicted molar refractivity (Wildman–Crippen MR) is 86.3 cm³/mol. The van der Waals surface area contributed by atoms with Crippen molar-refractivity contribution >= 4 is 12.0 Å². The van der Waals surface area contributed by atoms with E-state index in [1.165, 1.54) is 4.90 Å². The minimum absolute atomic E-state index is 0.185. The van der Waals surface area contributed by atoms with Crippen molar-refractivity contribution < 1.29 is 14.7 Å². The Morgan fingerprint density at radius 1 is 1.04 bits per heavy atom. The summed E-state index contributed by atoms with van der Waals surface area (Å²) in [4.78, 5) is 25.0. The molecule has 2 aromatic rings. The Bertz CT molecular complexity index is 715. The van der Waals surface area contributed by atoms with Crippen LogP contribution in [-0.2, 0) is 13.0 Å². The van der Waals surface area contributed by atoms with Gasteiger partial charge in [-0.15, -0.1) is 0 Å². The van der Waals surface area contributed by atoms with Gasteiger partial charge in [-0.2, -0.15) is 0 Å². The normalized spacial score (nSPS) is 16.5. The van der Waals surface area contributed by atoms with Crippen molar-refractivity contribution in [3.05, 3.63) is 71.3 Å². The van der Waals surface area contributed by atoms with Gasteiger partial charge in [0.25, 0.3) is 5.91 Å². The maximum atomic E-state index is 12.1. The maximum Gasteiger partial charge on any atom is 0.407 e. The second kappa shape index (κ2) is 6.52. The van der Waals surface area contributed by atoms with Crippen molar-refractivity contribution in [2.75, 3.05) is 6.54 Å². The molecule has 3 rings (SSSR count). The van der Waals surface area contributed by atoms with E-state index in [1.807, 2.05) is 30.3 Å². The molecule has 1 heterocycles. The van der Waals surface area contributed by atoms with E-state index in [0.29, 0.717) is 25.1 Å². The summed E-state index contributed by atoms with van der Waals surface area (Å²) in [5.74, 6) is -0.185. The molecule has 118 valence electrons. The highest BCUT2D eigenvalue weighted by atomic mass is 16.4. The van der Waals surface area contributed by atoms with Crippen molar-refractivity contribution in [3.63, 3.8) is 0 Å². The average molecular weight is 310 g/mol. The molecule has 0 radical (unpaired) electrons. The molecular weight excluding hydrogens is 292 g/mol. The third-order valence-electron chi connectivity index (χ3n) is 4.14. The molecule has 0 fully saturated rings. The first-order chi connectivity index (χ1) is 11.1. The summed E-state index contributed by atoms with van der Waals surface area (Å²) in [6.07, 6.45) is -0.351. The van der Waals surface area contributed by atoms with Gasteiger partial charge in [-0.3, -0.25) is 9.69 Å². The van der Waals surface area contributed by atoms with Gasteiger partial charge < -0.3 is 10.4 Å². The summed E-state index contributed by atoms with van der Waals surface area (Å²) in [7, 11) is 0. The zero-order valence-corrected chi connectivity index (χ0v) is 12.6. The predicted octanol–water partition coefficient (Wildman–Crippen LogP) is 2.52. The second-order valence-corrected chi connectivity index (χ2v) is 5.61. The van der Waals surface area contributed by atoms with Crippen LogP contribution in [0.4, 0.5) is 4.79 Å². The molecule has 23 heavy (non-hydrogen) atoms. The highest BCUT2D eigenvalue weighted by Crippen LogP contribution is 2.23. The average Bonchev–Trinajstić information content (AvgIpc) is 2.59. The molecule has 0 bridgehead atoms. The Hall–Kier alpha value is -2.82. The molecular formula is C18H18N2O3. The van der Waals surface area contributed by atoms with Crippen molar-refractivity contribution in [2.45, 2.75) is 19.0 Å². The highest BCUT2D eigenvalue weighted by Gasteiger charge is 2.29. The van der Waals surface area contributed by atoms with Crippen LogP contribution in [0.2, 0.25) is 0 Å². The van der Waals surface area contributed by atoms with Crippen molar-refractivity contribution in [1.82, 2.24) is 10.2 Å². The van der Waals surface area contributed by atoms with Crippen LogP contribution < -0.4 is 5.32 Å². The second-order valence-electron chi connectivity index (χ2n) is 5.61. The van der Waals surface area contributed by atoms with Gasteiger partial charge in [0, 0.05) is 18.7 Å². The molecule has 2 aromatic carbocycles. The number of fused-ring (bicyclic) bond motifs is 1. The molecule has 1 atom stereocenters. The van der Waals surface area contributed by atoms with Gasteiger partial charge in [0.15, 0.2) is 0 Å². The Kier molecular flexibility index (Phi) is 4.28. The number of carboxylic acid groups (broad SMARTS) is 1. The van der Waals surface area contributed by atoms with E-state index in [4.69, 9.17) is 0 Å². The van der Waals surface area contributed by atoms with Crippen LogP contribution in [-0.4, -0.2) is 34.6 Å². The van der Waals surface area contributed by atoms with Gasteiger partial charge in [0.05, 0.1) is 6.04 Å². The first-order valence-corrected chi connectivity index (χ1v) is 7.55. The molecule has 0 saturated heterocycles. The molecule has 0 spiro atoms. The molecule has 5 nitrogen and oxygen atoms in total. The smallest absolute Gasteiger partial charge is 0.407 e. The lowest BCUT2D eigenvalue weighted by atomic mass is 9.94. The topological polar surface area (TPSA) is 69.6 Å². The van der Waals surface area contributed by atoms with E-state index < -0.39 is 6.09 Å². The van der Waals surface area contributed by atoms with Gasteiger partial charge in [0.1, 0.15) is 0 Å². The first kappa shape index (κ1) is 15.1. The molecule has 0 saturated carbocycles. The van der Waals surface area contributed by atoms with Crippen LogP contribution in [0.3, 0.4) is 0 Å². The standard InChI is InChI=1S/C18H18N2O3/c21-17(13-6-2-1-3-7-13)19-11-16-10-14-8-4-5-9-15(14)12-20(16)18(22)23/h1-9,16H,10-12H2,(H,19,21)(H,22,23)/t16-/m0/s1. The van der Waals surface area contributed by atoms with Crippen molar-refractivity contribution in [3.8, 4) is 0 Å². The molecule has 0 aromatic heterocycles. The Balaban J connectivity index is 1.71. The SMILES string of the molecule is O=C(NC[C@@H]1Cc2ccccc2CN1C(=O)O)c1ccccc1. The number of carbonyl (C=O) groups excluding carboxylic acids is 1. The zero-order chi connectivity index (χ0) is 16.2. The van der Waals surface area contributed by atoms with E-state index in [1.54, 1.807) is 24.3 Å². The third kappa shape index (κ3) is 3.34. The quantitative estimate of drug-likeness (QED) is 0.915. The van der Waals surface area contributed by atoms with Crippen molar-refractivity contribution in [1.29, 1.82) is 0 Å². The number of rotatable bonds is 3. The lowest BCUT2D eigenvalue weighted by molar-refractivity contribution is 0.0904. The number of carbonyl (C=O) groups is 2. The summed E-state index contributed by atoms with van der Waals surface area (Å²) >= 11 is 0. The summed E-state index contributed by atoms with van der Waals surface area (Å²) in [6, 6.07) is 16.5. The third-order valence-corrected chi connectivity index (χ3v) is 4.14. The summed E-state index contributed by atoms with van der Waals surface area (Å²) < 4.78 is 0. The van der Waals surface area contributed by atoms with E-state index in [0.717, 1.165) is 11.1 Å². The van der Waals surface area contributed by atoms with Crippen LogP contribution in [0.1, 0.15) is 21.5 Å². The van der Waals surface area contributed by atoms with Crippen molar-refractivity contribution in [2.24, 2.45) is 0 Å². The molecule has 0 aliphatic carbocycles. The van der Waals surface area contributed by atoms with Gasteiger partial charge in [-0.1, -0.05) is 42.5 Å². The Morgan fingerprint density at radius 3 is 2.39 bits per heavy atom. The summed E-state index contributed by atoms with van der Waals surface area (Å²) in [6.45, 7) is 0.658. The van der Waals surface area contributed by atoms with Crippen LogP contribution >= 0.6 is 0 Å². The van der Waals surface area contributed by atoms with Crippen LogP contribution in [0, 0.1) is 0 Å². The van der Waals surface area contributed by atoms with E-state index >= 15 is 0 Å².